The quantitative estimate of drug-likeness (QED) is 0.628. The molecule has 0 radical (unpaired) electrons. The highest BCUT2D eigenvalue weighted by Gasteiger charge is 2.27. The van der Waals surface area contributed by atoms with E-state index in [1.807, 2.05) is 18.7 Å². The number of nitrogens with zero attached hydrogens (tertiary/aromatic N) is 4. The first-order chi connectivity index (χ1) is 11.9. The maximum atomic E-state index is 12.5. The number of aromatic nitrogens is 3. The van der Waals surface area contributed by atoms with Crippen LogP contribution in [0.3, 0.4) is 0 Å². The van der Waals surface area contributed by atoms with Crippen LogP contribution in [0.15, 0.2) is 18.3 Å². The van der Waals surface area contributed by atoms with E-state index >= 15 is 0 Å². The van der Waals surface area contributed by atoms with Crippen LogP contribution < -0.4 is 5.32 Å². The molecule has 0 bridgehead atoms. The average Bonchev–Trinajstić information content (AvgIpc) is 3.17. The topological polar surface area (TPSA) is 117 Å². The highest BCUT2D eigenvalue weighted by Crippen LogP contribution is 2.19. The van der Waals surface area contributed by atoms with Crippen LogP contribution in [0, 0.1) is 24.0 Å². The van der Waals surface area contributed by atoms with Crippen molar-refractivity contribution in [1.82, 2.24) is 20.1 Å². The minimum absolute atomic E-state index is 0.0420. The molecule has 9 nitrogen and oxygen atoms in total. The highest BCUT2D eigenvalue weighted by molar-refractivity contribution is 5.79. The molecule has 2 N–H and O–H groups in total. The van der Waals surface area contributed by atoms with Gasteiger partial charge in [-0.15, -0.1) is 0 Å². The number of likely N-dealkylation sites (tertiary alicyclic amines) is 1. The van der Waals surface area contributed by atoms with Crippen LogP contribution in [0.25, 0.3) is 0 Å². The summed E-state index contributed by atoms with van der Waals surface area (Å²) in [5.41, 5.74) is 2.70. The maximum Gasteiger partial charge on any atom is 0.287 e. The van der Waals surface area contributed by atoms with Crippen molar-refractivity contribution in [3.63, 3.8) is 0 Å². The van der Waals surface area contributed by atoms with Crippen molar-refractivity contribution in [2.45, 2.75) is 32.7 Å². The molecule has 9 heteroatoms. The van der Waals surface area contributed by atoms with Crippen LogP contribution in [0.2, 0.25) is 0 Å². The second-order valence-electron chi connectivity index (χ2n) is 6.22. The molecule has 1 aliphatic heterocycles. The van der Waals surface area contributed by atoms with Gasteiger partial charge in [0.05, 0.1) is 17.0 Å². The molecule has 1 aliphatic rings. The molecule has 1 saturated heterocycles. The van der Waals surface area contributed by atoms with E-state index in [1.54, 1.807) is 6.07 Å². The summed E-state index contributed by atoms with van der Waals surface area (Å²) in [6.07, 6.45) is 2.38. The largest absolute Gasteiger partial charge is 0.365 e. The SMILES string of the molecule is Cc1n[nH]c(C)c1CC(=O)N1CC[C@H](Nc2ccc([N+](=O)[O-])cn2)C1. The Morgan fingerprint density at radius 2 is 2.28 bits per heavy atom. The van der Waals surface area contributed by atoms with E-state index in [2.05, 4.69) is 20.5 Å². The lowest BCUT2D eigenvalue weighted by Crippen LogP contribution is -2.33. The van der Waals surface area contributed by atoms with Gasteiger partial charge in [-0.3, -0.25) is 20.0 Å². The van der Waals surface area contributed by atoms with Gasteiger partial charge in [0, 0.05) is 36.5 Å². The number of aryl methyl sites for hydroxylation is 2. The molecule has 3 heterocycles. The fourth-order valence-corrected chi connectivity index (χ4v) is 2.99. The summed E-state index contributed by atoms with van der Waals surface area (Å²) in [6, 6.07) is 3.09. The Hall–Kier alpha value is -2.97. The standard InChI is InChI=1S/C16H20N6O3/c1-10-14(11(2)20-19-10)7-16(23)21-6-5-12(9-21)18-15-4-3-13(8-17-15)22(24)25/h3-4,8,12H,5-7,9H2,1-2H3,(H,17,18)(H,19,20)/t12-/m0/s1. The van der Waals surface area contributed by atoms with E-state index in [9.17, 15) is 14.9 Å². The number of H-pyrrole nitrogens is 1. The number of aromatic amines is 1. The van der Waals surface area contributed by atoms with Crippen molar-refractivity contribution in [3.8, 4) is 0 Å². The molecule has 1 atom stereocenters. The Labute approximate surface area is 144 Å². The maximum absolute atomic E-state index is 12.5. The van der Waals surface area contributed by atoms with Gasteiger partial charge < -0.3 is 10.2 Å². The van der Waals surface area contributed by atoms with E-state index in [0.717, 1.165) is 23.4 Å². The Morgan fingerprint density at radius 3 is 2.88 bits per heavy atom. The number of nitro groups is 1. The molecule has 0 aliphatic carbocycles. The van der Waals surface area contributed by atoms with Gasteiger partial charge in [0.2, 0.25) is 5.91 Å². The first-order valence-corrected chi connectivity index (χ1v) is 8.09. The highest BCUT2D eigenvalue weighted by atomic mass is 16.6. The summed E-state index contributed by atoms with van der Waals surface area (Å²) < 4.78 is 0. The monoisotopic (exact) mass is 344 g/mol. The van der Waals surface area contributed by atoms with Crippen molar-refractivity contribution in [2.24, 2.45) is 0 Å². The van der Waals surface area contributed by atoms with E-state index in [-0.39, 0.29) is 17.6 Å². The van der Waals surface area contributed by atoms with E-state index in [4.69, 9.17) is 0 Å². The Morgan fingerprint density at radius 1 is 1.48 bits per heavy atom. The molecule has 2 aromatic rings. The average molecular weight is 344 g/mol. The van der Waals surface area contributed by atoms with E-state index in [0.29, 0.717) is 25.3 Å². The number of amides is 1. The van der Waals surface area contributed by atoms with Gasteiger partial charge in [-0.05, 0) is 26.3 Å². The third kappa shape index (κ3) is 3.76. The number of carbonyl (C=O) groups excluding carboxylic acids is 1. The first kappa shape index (κ1) is 16.9. The molecule has 0 unspecified atom stereocenters. The second-order valence-corrected chi connectivity index (χ2v) is 6.22. The molecule has 0 saturated carbocycles. The summed E-state index contributed by atoms with van der Waals surface area (Å²) in [5.74, 6) is 0.653. The number of anilines is 1. The van der Waals surface area contributed by atoms with Crippen LogP contribution >= 0.6 is 0 Å². The number of hydrogen-bond donors (Lipinski definition) is 2. The van der Waals surface area contributed by atoms with Gasteiger partial charge >= 0.3 is 0 Å². The zero-order valence-electron chi connectivity index (χ0n) is 14.2. The van der Waals surface area contributed by atoms with Crippen LogP contribution in [0.1, 0.15) is 23.4 Å². The fraction of sp³-hybridized carbons (Fsp3) is 0.438. The minimum atomic E-state index is -0.480. The lowest BCUT2D eigenvalue weighted by Gasteiger charge is -2.17. The number of pyridine rings is 1. The smallest absolute Gasteiger partial charge is 0.287 e. The normalized spacial score (nSPS) is 16.9. The number of nitrogens with one attached hydrogen (secondary N) is 2. The first-order valence-electron chi connectivity index (χ1n) is 8.09. The van der Waals surface area contributed by atoms with Gasteiger partial charge in [0.15, 0.2) is 0 Å². The fourth-order valence-electron chi connectivity index (χ4n) is 2.99. The summed E-state index contributed by atoms with van der Waals surface area (Å²) in [6.45, 7) is 5.07. The van der Waals surface area contributed by atoms with Crippen LogP contribution in [0.4, 0.5) is 11.5 Å². The molecule has 1 amide bonds. The molecule has 132 valence electrons. The van der Waals surface area contributed by atoms with E-state index in [1.165, 1.54) is 12.3 Å². The van der Waals surface area contributed by atoms with Crippen LogP contribution in [-0.2, 0) is 11.2 Å². The summed E-state index contributed by atoms with van der Waals surface area (Å²) in [4.78, 5) is 28.5. The lowest BCUT2D eigenvalue weighted by atomic mass is 10.1. The van der Waals surface area contributed by atoms with E-state index < -0.39 is 4.92 Å². The van der Waals surface area contributed by atoms with Gasteiger partial charge in [0.1, 0.15) is 12.0 Å². The minimum Gasteiger partial charge on any atom is -0.365 e. The number of rotatable bonds is 5. The molecule has 25 heavy (non-hydrogen) atoms. The third-order valence-electron chi connectivity index (χ3n) is 4.46. The van der Waals surface area contributed by atoms with Gasteiger partial charge in [-0.25, -0.2) is 4.98 Å². The summed E-state index contributed by atoms with van der Waals surface area (Å²) >= 11 is 0. The van der Waals surface area contributed by atoms with Crippen molar-refractivity contribution in [3.05, 3.63) is 45.4 Å². The molecule has 1 fully saturated rings. The molecule has 0 aromatic carbocycles. The molecular formula is C16H20N6O3. The van der Waals surface area contributed by atoms with Crippen molar-refractivity contribution < 1.29 is 9.72 Å². The van der Waals surface area contributed by atoms with Gasteiger partial charge in [-0.1, -0.05) is 0 Å². The van der Waals surface area contributed by atoms with Crippen molar-refractivity contribution >= 4 is 17.4 Å². The zero-order valence-corrected chi connectivity index (χ0v) is 14.2. The Balaban J connectivity index is 1.56. The van der Waals surface area contributed by atoms with Crippen molar-refractivity contribution in [2.75, 3.05) is 18.4 Å². The Kier molecular flexibility index (Phi) is 4.64. The predicted octanol–water partition coefficient (Wildman–Crippen LogP) is 1.59. The number of carbonyl (C=O) groups is 1. The zero-order chi connectivity index (χ0) is 18.0. The third-order valence-corrected chi connectivity index (χ3v) is 4.46. The second kappa shape index (κ2) is 6.88. The summed E-state index contributed by atoms with van der Waals surface area (Å²) in [7, 11) is 0. The molecule has 0 spiro atoms. The lowest BCUT2D eigenvalue weighted by molar-refractivity contribution is -0.385. The molecular weight excluding hydrogens is 324 g/mol. The number of hydrogen-bond acceptors (Lipinski definition) is 6. The van der Waals surface area contributed by atoms with Crippen LogP contribution in [-0.4, -0.2) is 50.0 Å². The van der Waals surface area contributed by atoms with Crippen LogP contribution in [0.5, 0.6) is 0 Å². The predicted molar refractivity (Wildman–Crippen MR) is 91.3 cm³/mol. The van der Waals surface area contributed by atoms with Gasteiger partial charge in [-0.2, -0.15) is 5.10 Å². The molecule has 3 rings (SSSR count). The molecule has 2 aromatic heterocycles. The van der Waals surface area contributed by atoms with Gasteiger partial charge in [0.25, 0.3) is 5.69 Å². The van der Waals surface area contributed by atoms with Crippen molar-refractivity contribution in [1.29, 1.82) is 0 Å². The Bertz CT molecular complexity index is 766. The summed E-state index contributed by atoms with van der Waals surface area (Å²) in [5, 5.41) is 20.9.